The van der Waals surface area contributed by atoms with Crippen molar-refractivity contribution in [3.8, 4) is 28.7 Å². The predicted molar refractivity (Wildman–Crippen MR) is 186 cm³/mol. The Bertz CT molecular complexity index is 1550. The molecule has 1 fully saturated rings. The molecule has 0 spiro atoms. The Kier molecular flexibility index (Phi) is 9.80. The van der Waals surface area contributed by atoms with E-state index in [2.05, 4.69) is 46.3 Å². The molecule has 1 N–H and O–H groups in total. The van der Waals surface area contributed by atoms with Crippen molar-refractivity contribution in [2.75, 3.05) is 60.5 Å². The molecule has 6 rings (SSSR count). The number of nitrogens with one attached hydrogen (secondary N) is 1. The zero-order valence-electron chi connectivity index (χ0n) is 27.9. The van der Waals surface area contributed by atoms with Crippen LogP contribution in [0.4, 0.5) is 5.69 Å². The molecule has 8 nitrogen and oxygen atoms in total. The van der Waals surface area contributed by atoms with Gasteiger partial charge in [-0.25, -0.2) is 0 Å². The van der Waals surface area contributed by atoms with E-state index in [1.807, 2.05) is 24.3 Å². The van der Waals surface area contributed by atoms with Gasteiger partial charge < -0.3 is 33.9 Å². The van der Waals surface area contributed by atoms with Crippen molar-refractivity contribution < 1.29 is 23.7 Å². The number of fused-ring (bicyclic) bond motifs is 4. The molecule has 0 amide bonds. The summed E-state index contributed by atoms with van der Waals surface area (Å²) in [5, 5.41) is 4.33. The van der Waals surface area contributed by atoms with E-state index in [0.29, 0.717) is 17.9 Å². The highest BCUT2D eigenvalue weighted by Gasteiger charge is 2.44. The third kappa shape index (κ3) is 6.19. The average molecular weight is 646 g/mol. The van der Waals surface area contributed by atoms with Gasteiger partial charge in [-0.3, -0.25) is 4.90 Å². The summed E-state index contributed by atoms with van der Waals surface area (Å²) < 4.78 is 28.3. The van der Waals surface area contributed by atoms with Crippen LogP contribution in [-0.4, -0.2) is 76.1 Å². The number of thiocarbonyl (C=S) groups is 1. The highest BCUT2D eigenvalue weighted by atomic mass is 32.1. The van der Waals surface area contributed by atoms with Crippen molar-refractivity contribution in [2.45, 2.75) is 51.1 Å². The SMILES string of the molecule is CCC1CN2CCc3cc(OC)c(OC)cc3C2CC1C1Cc2cc(OC)c(OC)cc2CCN1C(=S)Nc1ccc(OC)cc1. The second-order valence-corrected chi connectivity index (χ2v) is 13.0. The normalized spacial score (nSPS) is 22.4. The van der Waals surface area contributed by atoms with Gasteiger partial charge in [-0.15, -0.1) is 0 Å². The lowest BCUT2D eigenvalue weighted by atomic mass is 9.71. The third-order valence-corrected chi connectivity index (χ3v) is 10.8. The minimum atomic E-state index is 0.204. The molecule has 9 heteroatoms. The van der Waals surface area contributed by atoms with Crippen molar-refractivity contribution in [2.24, 2.45) is 11.8 Å². The predicted octanol–water partition coefficient (Wildman–Crippen LogP) is 6.54. The summed E-state index contributed by atoms with van der Waals surface area (Å²) in [5.74, 6) is 4.93. The minimum absolute atomic E-state index is 0.204. The minimum Gasteiger partial charge on any atom is -0.497 e. The van der Waals surface area contributed by atoms with Gasteiger partial charge in [-0.1, -0.05) is 13.3 Å². The number of methoxy groups -OCH3 is 5. The molecule has 0 aromatic heterocycles. The van der Waals surface area contributed by atoms with Crippen LogP contribution in [0.2, 0.25) is 0 Å². The Morgan fingerprint density at radius 1 is 0.783 bits per heavy atom. The van der Waals surface area contributed by atoms with Crippen LogP contribution >= 0.6 is 12.2 Å². The Morgan fingerprint density at radius 3 is 2.02 bits per heavy atom. The molecule has 246 valence electrons. The summed E-state index contributed by atoms with van der Waals surface area (Å²) in [6.45, 7) is 5.29. The first-order chi connectivity index (χ1) is 22.4. The molecule has 3 aliphatic rings. The molecule has 0 bridgehead atoms. The Morgan fingerprint density at radius 2 is 1.39 bits per heavy atom. The van der Waals surface area contributed by atoms with Gasteiger partial charge in [0.2, 0.25) is 0 Å². The molecular formula is C37H47N3O5S. The topological polar surface area (TPSA) is 64.7 Å². The van der Waals surface area contributed by atoms with Crippen LogP contribution in [0.15, 0.2) is 48.5 Å². The fourth-order valence-electron chi connectivity index (χ4n) is 8.00. The van der Waals surface area contributed by atoms with Gasteiger partial charge >= 0.3 is 0 Å². The van der Waals surface area contributed by atoms with Gasteiger partial charge in [0.15, 0.2) is 28.1 Å². The first-order valence-electron chi connectivity index (χ1n) is 16.3. The first kappa shape index (κ1) is 32.3. The largest absolute Gasteiger partial charge is 0.497 e. The number of benzene rings is 3. The van der Waals surface area contributed by atoms with Crippen molar-refractivity contribution in [3.63, 3.8) is 0 Å². The quantitative estimate of drug-likeness (QED) is 0.275. The monoisotopic (exact) mass is 645 g/mol. The Hall–Kier alpha value is -3.69. The molecule has 1 saturated heterocycles. The van der Waals surface area contributed by atoms with E-state index in [4.69, 9.17) is 35.9 Å². The molecule has 0 saturated carbocycles. The summed E-state index contributed by atoms with van der Waals surface area (Å²) in [4.78, 5) is 5.18. The van der Waals surface area contributed by atoms with Crippen LogP contribution in [0.3, 0.4) is 0 Å². The van der Waals surface area contributed by atoms with Crippen molar-refractivity contribution in [3.05, 3.63) is 70.8 Å². The standard InChI is InChI=1S/C37H47N3O5S/c1-7-23-22-39-14-12-25-18-34(43-4)36(45-6)21-30(25)31(39)20-29(23)32-16-26-19-35(44-5)33(42-3)17-24(26)13-15-40(32)37(46)38-27-8-10-28(41-2)11-9-27/h8-11,17-19,21,23,29,31-32H,7,12-16,20,22H2,1-6H3,(H,38,46). The van der Waals surface area contributed by atoms with E-state index in [1.54, 1.807) is 35.5 Å². The van der Waals surface area contributed by atoms with E-state index < -0.39 is 0 Å². The summed E-state index contributed by atoms with van der Waals surface area (Å²) in [6, 6.07) is 17.3. The zero-order chi connectivity index (χ0) is 32.4. The maximum atomic E-state index is 6.24. The molecule has 4 unspecified atom stereocenters. The molecule has 3 heterocycles. The highest BCUT2D eigenvalue weighted by Crippen LogP contribution is 2.48. The fourth-order valence-corrected chi connectivity index (χ4v) is 8.34. The van der Waals surface area contributed by atoms with E-state index >= 15 is 0 Å². The van der Waals surface area contributed by atoms with Crippen LogP contribution in [0.25, 0.3) is 0 Å². The maximum absolute atomic E-state index is 6.24. The number of hydrogen-bond donors (Lipinski definition) is 1. The van der Waals surface area contributed by atoms with Crippen LogP contribution in [0.1, 0.15) is 48.1 Å². The molecule has 0 aliphatic carbocycles. The number of ether oxygens (including phenoxy) is 5. The number of anilines is 1. The second kappa shape index (κ2) is 14.0. The average Bonchev–Trinajstić information content (AvgIpc) is 3.29. The Labute approximate surface area is 278 Å². The van der Waals surface area contributed by atoms with Gasteiger partial charge in [-0.05, 0) is 121 Å². The van der Waals surface area contributed by atoms with Crippen LogP contribution < -0.4 is 29.0 Å². The number of piperidine rings is 1. The van der Waals surface area contributed by atoms with Gasteiger partial charge in [-0.2, -0.15) is 0 Å². The first-order valence-corrected chi connectivity index (χ1v) is 16.8. The van der Waals surface area contributed by atoms with Crippen molar-refractivity contribution in [1.82, 2.24) is 9.80 Å². The molecule has 46 heavy (non-hydrogen) atoms. The smallest absolute Gasteiger partial charge is 0.173 e. The third-order valence-electron chi connectivity index (χ3n) is 10.5. The van der Waals surface area contributed by atoms with Crippen molar-refractivity contribution >= 4 is 23.0 Å². The zero-order valence-corrected chi connectivity index (χ0v) is 28.7. The van der Waals surface area contributed by atoms with E-state index in [9.17, 15) is 0 Å². The molecule has 4 atom stereocenters. The summed E-state index contributed by atoms with van der Waals surface area (Å²) in [6.07, 6.45) is 4.94. The number of nitrogens with zero attached hydrogens (tertiary/aromatic N) is 2. The summed E-state index contributed by atoms with van der Waals surface area (Å²) in [5.41, 5.74) is 6.30. The van der Waals surface area contributed by atoms with Gasteiger partial charge in [0.25, 0.3) is 0 Å². The van der Waals surface area contributed by atoms with E-state index in [-0.39, 0.29) is 6.04 Å². The highest BCUT2D eigenvalue weighted by molar-refractivity contribution is 7.80. The van der Waals surface area contributed by atoms with Crippen molar-refractivity contribution in [1.29, 1.82) is 0 Å². The lowest BCUT2D eigenvalue weighted by Crippen LogP contribution is -2.55. The van der Waals surface area contributed by atoms with E-state index in [0.717, 1.165) is 91.3 Å². The molecule has 0 radical (unpaired) electrons. The van der Waals surface area contributed by atoms with E-state index in [1.165, 1.54) is 22.3 Å². The lowest BCUT2D eigenvalue weighted by Gasteiger charge is -2.51. The molecular weight excluding hydrogens is 598 g/mol. The van der Waals surface area contributed by atoms with Crippen LogP contribution in [-0.2, 0) is 19.3 Å². The molecule has 3 aliphatic heterocycles. The lowest BCUT2D eigenvalue weighted by molar-refractivity contribution is 0.0194. The van der Waals surface area contributed by atoms with Gasteiger partial charge in [0, 0.05) is 37.4 Å². The summed E-state index contributed by atoms with van der Waals surface area (Å²) in [7, 11) is 8.54. The Balaban J connectivity index is 1.38. The second-order valence-electron chi connectivity index (χ2n) is 12.6. The summed E-state index contributed by atoms with van der Waals surface area (Å²) >= 11 is 6.24. The van der Waals surface area contributed by atoms with Gasteiger partial charge in [0.1, 0.15) is 5.75 Å². The maximum Gasteiger partial charge on any atom is 0.173 e. The molecule has 3 aromatic carbocycles. The number of rotatable bonds is 8. The van der Waals surface area contributed by atoms with Crippen LogP contribution in [0, 0.1) is 11.8 Å². The van der Waals surface area contributed by atoms with Gasteiger partial charge in [0.05, 0.1) is 35.5 Å². The van der Waals surface area contributed by atoms with Crippen LogP contribution in [0.5, 0.6) is 28.7 Å². The fraction of sp³-hybridized carbons (Fsp3) is 0.486. The molecule has 3 aromatic rings. The number of hydrogen-bond acceptors (Lipinski definition) is 7.